The van der Waals surface area contributed by atoms with E-state index < -0.39 is 0 Å². The number of nitrogens with zero attached hydrogens (tertiary/aromatic N) is 2. The molecule has 2 rings (SSSR count). The van der Waals surface area contributed by atoms with E-state index in [1.165, 1.54) is 0 Å². The van der Waals surface area contributed by atoms with Crippen molar-refractivity contribution in [1.82, 2.24) is 15.1 Å². The summed E-state index contributed by atoms with van der Waals surface area (Å²) in [6.45, 7) is 8.30. The van der Waals surface area contributed by atoms with E-state index in [0.717, 1.165) is 45.6 Å². The number of rotatable bonds is 9. The number of ether oxygens (including phenoxy) is 1. The van der Waals surface area contributed by atoms with Gasteiger partial charge in [0.2, 0.25) is 11.8 Å². The van der Waals surface area contributed by atoms with Gasteiger partial charge in [0.1, 0.15) is 5.75 Å². The third-order valence-electron chi connectivity index (χ3n) is 4.92. The van der Waals surface area contributed by atoms with Crippen LogP contribution < -0.4 is 15.4 Å². The van der Waals surface area contributed by atoms with Gasteiger partial charge in [0, 0.05) is 32.7 Å². The third kappa shape index (κ3) is 6.52. The number of benzene rings is 1. The minimum atomic E-state index is -0.240. The van der Waals surface area contributed by atoms with E-state index in [0.29, 0.717) is 18.0 Å². The van der Waals surface area contributed by atoms with E-state index in [4.69, 9.17) is 4.74 Å². The van der Waals surface area contributed by atoms with Crippen LogP contribution in [0.25, 0.3) is 0 Å². The lowest BCUT2D eigenvalue weighted by Crippen LogP contribution is -2.54. The summed E-state index contributed by atoms with van der Waals surface area (Å²) in [5.41, 5.74) is 0.680. The van der Waals surface area contributed by atoms with E-state index in [1.807, 2.05) is 31.2 Å². The lowest BCUT2D eigenvalue weighted by atomic mass is 10.2. The number of nitrogens with one attached hydrogen (secondary N) is 2. The molecule has 2 N–H and O–H groups in total. The van der Waals surface area contributed by atoms with Crippen LogP contribution in [0.2, 0.25) is 0 Å². The van der Waals surface area contributed by atoms with Crippen LogP contribution in [-0.2, 0) is 9.59 Å². The SMILES string of the molecule is CCCCNC(=O)CN1CCN(C(C)C(=O)Nc2ccccc2OC)CC1. The Balaban J connectivity index is 1.77. The standard InChI is InChI=1S/C20H32N4O3/c1-4-5-10-21-19(25)15-23-11-13-24(14-12-23)16(2)20(26)22-17-8-6-7-9-18(17)27-3/h6-9,16H,4-5,10-15H2,1-3H3,(H,21,25)(H,22,26). The molecule has 150 valence electrons. The molecule has 1 aromatic carbocycles. The summed E-state index contributed by atoms with van der Waals surface area (Å²) >= 11 is 0. The summed E-state index contributed by atoms with van der Waals surface area (Å²) < 4.78 is 5.28. The van der Waals surface area contributed by atoms with E-state index in [9.17, 15) is 9.59 Å². The van der Waals surface area contributed by atoms with Gasteiger partial charge in [-0.05, 0) is 25.5 Å². The van der Waals surface area contributed by atoms with Crippen LogP contribution in [0.3, 0.4) is 0 Å². The number of carbonyl (C=O) groups excluding carboxylic acids is 2. The Morgan fingerprint density at radius 3 is 2.56 bits per heavy atom. The highest BCUT2D eigenvalue weighted by molar-refractivity contribution is 5.95. The number of para-hydroxylation sites is 2. The van der Waals surface area contributed by atoms with Crippen molar-refractivity contribution in [1.29, 1.82) is 0 Å². The van der Waals surface area contributed by atoms with Gasteiger partial charge in [0.15, 0.2) is 0 Å². The molecule has 7 nitrogen and oxygen atoms in total. The van der Waals surface area contributed by atoms with Crippen molar-refractivity contribution in [3.8, 4) is 5.75 Å². The van der Waals surface area contributed by atoms with Crippen molar-refractivity contribution < 1.29 is 14.3 Å². The molecule has 1 fully saturated rings. The van der Waals surface area contributed by atoms with E-state index in [2.05, 4.69) is 27.4 Å². The second-order valence-corrected chi connectivity index (χ2v) is 6.88. The molecule has 0 spiro atoms. The Morgan fingerprint density at radius 2 is 1.89 bits per heavy atom. The van der Waals surface area contributed by atoms with Crippen LogP contribution in [0.1, 0.15) is 26.7 Å². The van der Waals surface area contributed by atoms with Crippen molar-refractivity contribution >= 4 is 17.5 Å². The molecule has 1 unspecified atom stereocenters. The normalized spacial score (nSPS) is 16.6. The minimum absolute atomic E-state index is 0.0507. The molecule has 1 atom stereocenters. The maximum atomic E-state index is 12.6. The van der Waals surface area contributed by atoms with Crippen molar-refractivity contribution in [3.63, 3.8) is 0 Å². The average Bonchev–Trinajstić information content (AvgIpc) is 2.68. The van der Waals surface area contributed by atoms with Crippen molar-refractivity contribution in [2.75, 3.05) is 51.7 Å². The zero-order valence-corrected chi connectivity index (χ0v) is 16.7. The molecule has 1 aliphatic heterocycles. The highest BCUT2D eigenvalue weighted by Gasteiger charge is 2.26. The van der Waals surface area contributed by atoms with Gasteiger partial charge in [-0.1, -0.05) is 25.5 Å². The second-order valence-electron chi connectivity index (χ2n) is 6.88. The van der Waals surface area contributed by atoms with Crippen LogP contribution >= 0.6 is 0 Å². The maximum Gasteiger partial charge on any atom is 0.241 e. The molecule has 1 saturated heterocycles. The van der Waals surface area contributed by atoms with Crippen LogP contribution in [-0.4, -0.2) is 74.0 Å². The quantitative estimate of drug-likeness (QED) is 0.640. The number of unbranched alkanes of at least 4 members (excludes halogenated alkanes) is 1. The van der Waals surface area contributed by atoms with E-state index in [1.54, 1.807) is 7.11 Å². The van der Waals surface area contributed by atoms with Crippen LogP contribution in [0.4, 0.5) is 5.69 Å². The van der Waals surface area contributed by atoms with Crippen molar-refractivity contribution in [2.45, 2.75) is 32.7 Å². The molecule has 0 bridgehead atoms. The molecule has 7 heteroatoms. The highest BCUT2D eigenvalue weighted by atomic mass is 16.5. The number of piperazine rings is 1. The van der Waals surface area contributed by atoms with Crippen LogP contribution in [0.15, 0.2) is 24.3 Å². The number of anilines is 1. The Hall–Kier alpha value is -2.12. The molecule has 0 aromatic heterocycles. The van der Waals surface area contributed by atoms with Gasteiger partial charge in [0.05, 0.1) is 25.4 Å². The Labute approximate surface area is 162 Å². The molecule has 27 heavy (non-hydrogen) atoms. The molecule has 1 aliphatic rings. The Morgan fingerprint density at radius 1 is 1.19 bits per heavy atom. The summed E-state index contributed by atoms with van der Waals surface area (Å²) in [7, 11) is 1.59. The smallest absolute Gasteiger partial charge is 0.241 e. The number of hydrogen-bond acceptors (Lipinski definition) is 5. The molecular weight excluding hydrogens is 344 g/mol. The lowest BCUT2D eigenvalue weighted by molar-refractivity contribution is -0.124. The molecule has 0 radical (unpaired) electrons. The molecule has 0 aliphatic carbocycles. The zero-order chi connectivity index (χ0) is 19.6. The Bertz CT molecular complexity index is 615. The first-order valence-electron chi connectivity index (χ1n) is 9.72. The number of carbonyl (C=O) groups is 2. The largest absolute Gasteiger partial charge is 0.495 e. The molecule has 1 aromatic rings. The van der Waals surface area contributed by atoms with Crippen molar-refractivity contribution in [3.05, 3.63) is 24.3 Å². The van der Waals surface area contributed by atoms with Gasteiger partial charge in [-0.15, -0.1) is 0 Å². The van der Waals surface area contributed by atoms with Gasteiger partial charge < -0.3 is 15.4 Å². The molecule has 0 saturated carbocycles. The minimum Gasteiger partial charge on any atom is -0.495 e. The van der Waals surface area contributed by atoms with Crippen molar-refractivity contribution in [2.24, 2.45) is 0 Å². The van der Waals surface area contributed by atoms with Gasteiger partial charge in [0.25, 0.3) is 0 Å². The number of methoxy groups -OCH3 is 1. The average molecular weight is 377 g/mol. The van der Waals surface area contributed by atoms with Gasteiger partial charge in [-0.3, -0.25) is 19.4 Å². The predicted molar refractivity (Wildman–Crippen MR) is 107 cm³/mol. The van der Waals surface area contributed by atoms with Gasteiger partial charge >= 0.3 is 0 Å². The molecular formula is C20H32N4O3. The third-order valence-corrected chi connectivity index (χ3v) is 4.92. The zero-order valence-electron chi connectivity index (χ0n) is 16.7. The lowest BCUT2D eigenvalue weighted by Gasteiger charge is -2.37. The highest BCUT2D eigenvalue weighted by Crippen LogP contribution is 2.23. The second kappa shape index (κ2) is 10.9. The summed E-state index contributed by atoms with van der Waals surface area (Å²) in [5, 5.41) is 5.90. The summed E-state index contributed by atoms with van der Waals surface area (Å²) in [4.78, 5) is 28.8. The fourth-order valence-electron chi connectivity index (χ4n) is 3.12. The molecule has 1 heterocycles. The fraction of sp³-hybridized carbons (Fsp3) is 0.600. The van der Waals surface area contributed by atoms with Crippen LogP contribution in [0, 0.1) is 0 Å². The monoisotopic (exact) mass is 376 g/mol. The summed E-state index contributed by atoms with van der Waals surface area (Å²) in [6.07, 6.45) is 2.09. The number of amides is 2. The van der Waals surface area contributed by atoms with Crippen LogP contribution in [0.5, 0.6) is 5.75 Å². The first-order chi connectivity index (χ1) is 13.0. The summed E-state index contributed by atoms with van der Waals surface area (Å²) in [5.74, 6) is 0.682. The predicted octanol–water partition coefficient (Wildman–Crippen LogP) is 1.56. The maximum absolute atomic E-state index is 12.6. The van der Waals surface area contributed by atoms with E-state index in [-0.39, 0.29) is 17.9 Å². The topological polar surface area (TPSA) is 73.9 Å². The fourth-order valence-corrected chi connectivity index (χ4v) is 3.12. The van der Waals surface area contributed by atoms with Gasteiger partial charge in [-0.25, -0.2) is 0 Å². The Kier molecular flexibility index (Phi) is 8.54. The first-order valence-corrected chi connectivity index (χ1v) is 9.72. The first kappa shape index (κ1) is 21.2. The van der Waals surface area contributed by atoms with E-state index >= 15 is 0 Å². The molecule has 2 amide bonds. The summed E-state index contributed by atoms with van der Waals surface area (Å²) in [6, 6.07) is 7.15. The number of hydrogen-bond donors (Lipinski definition) is 2. The van der Waals surface area contributed by atoms with Gasteiger partial charge in [-0.2, -0.15) is 0 Å².